The Kier molecular flexibility index (Phi) is 3.43. The first-order valence-electron chi connectivity index (χ1n) is 4.19. The van der Waals surface area contributed by atoms with Crippen LogP contribution in [0.3, 0.4) is 0 Å². The molecule has 1 atom stereocenters. The van der Waals surface area contributed by atoms with Gasteiger partial charge in [-0.25, -0.2) is 0 Å². The fourth-order valence-corrected chi connectivity index (χ4v) is 1.09. The van der Waals surface area contributed by atoms with Gasteiger partial charge >= 0.3 is 7.27 Å². The second kappa shape index (κ2) is 4.37. The SMILES string of the molecule is Cc1ccc(C[C@H](N)B(F)F)cc1. The van der Waals surface area contributed by atoms with Crippen molar-refractivity contribution in [3.63, 3.8) is 0 Å². The van der Waals surface area contributed by atoms with Crippen LogP contribution in [0.2, 0.25) is 0 Å². The van der Waals surface area contributed by atoms with Crippen LogP contribution < -0.4 is 5.73 Å². The molecule has 1 nitrogen and oxygen atoms in total. The van der Waals surface area contributed by atoms with Crippen LogP contribution in [0, 0.1) is 6.92 Å². The third kappa shape index (κ3) is 3.15. The molecular weight excluding hydrogens is 171 g/mol. The molecule has 0 unspecified atom stereocenters. The van der Waals surface area contributed by atoms with Gasteiger partial charge in [0.15, 0.2) is 0 Å². The summed E-state index contributed by atoms with van der Waals surface area (Å²) in [5, 5.41) is 0. The Hall–Kier alpha value is -0.895. The summed E-state index contributed by atoms with van der Waals surface area (Å²) < 4.78 is 24.1. The van der Waals surface area contributed by atoms with E-state index in [9.17, 15) is 8.63 Å². The monoisotopic (exact) mass is 183 g/mol. The average Bonchev–Trinajstić information content (AvgIpc) is 2.08. The summed E-state index contributed by atoms with van der Waals surface area (Å²) in [6.45, 7) is 1.96. The number of nitrogens with two attached hydrogens (primary N) is 1. The fourth-order valence-electron chi connectivity index (χ4n) is 1.09. The first-order chi connectivity index (χ1) is 6.09. The van der Waals surface area contributed by atoms with Crippen LogP contribution in [0.5, 0.6) is 0 Å². The van der Waals surface area contributed by atoms with Gasteiger partial charge in [-0.15, -0.1) is 0 Å². The van der Waals surface area contributed by atoms with Crippen molar-refractivity contribution in [3.05, 3.63) is 35.4 Å². The van der Waals surface area contributed by atoms with Crippen molar-refractivity contribution in [2.24, 2.45) is 5.73 Å². The quantitative estimate of drug-likeness (QED) is 0.710. The third-order valence-electron chi connectivity index (χ3n) is 1.92. The van der Waals surface area contributed by atoms with Crippen LogP contribution in [-0.4, -0.2) is 13.2 Å². The predicted octanol–water partition coefficient (Wildman–Crippen LogP) is 1.83. The molecule has 1 rings (SSSR count). The number of halogens is 2. The van der Waals surface area contributed by atoms with Crippen LogP contribution in [0.25, 0.3) is 0 Å². The zero-order valence-electron chi connectivity index (χ0n) is 7.50. The summed E-state index contributed by atoms with van der Waals surface area (Å²) in [5.41, 5.74) is 7.22. The molecule has 0 bridgehead atoms. The zero-order chi connectivity index (χ0) is 9.84. The molecule has 0 fully saturated rings. The van der Waals surface area contributed by atoms with Gasteiger partial charge in [0.05, 0.1) is 5.94 Å². The molecule has 0 heterocycles. The summed E-state index contributed by atoms with van der Waals surface area (Å²) in [7, 11) is -2.44. The number of aryl methyl sites for hydroxylation is 1. The van der Waals surface area contributed by atoms with E-state index in [0.29, 0.717) is 0 Å². The van der Waals surface area contributed by atoms with Gasteiger partial charge in [0.25, 0.3) is 0 Å². The van der Waals surface area contributed by atoms with E-state index in [1.165, 1.54) is 0 Å². The summed E-state index contributed by atoms with van der Waals surface area (Å²) in [6, 6.07) is 7.45. The molecule has 0 aliphatic rings. The Morgan fingerprint density at radius 2 is 1.85 bits per heavy atom. The molecule has 0 saturated heterocycles. The van der Waals surface area contributed by atoms with E-state index in [1.807, 2.05) is 31.2 Å². The van der Waals surface area contributed by atoms with Crippen LogP contribution in [0.1, 0.15) is 11.1 Å². The van der Waals surface area contributed by atoms with Crippen molar-refractivity contribution < 1.29 is 8.63 Å². The molecule has 0 aromatic heterocycles. The fraction of sp³-hybridized carbons (Fsp3) is 0.333. The van der Waals surface area contributed by atoms with E-state index in [-0.39, 0.29) is 6.42 Å². The van der Waals surface area contributed by atoms with Gasteiger partial charge < -0.3 is 5.73 Å². The molecule has 1 aromatic carbocycles. The molecule has 0 radical (unpaired) electrons. The van der Waals surface area contributed by atoms with Gasteiger partial charge in [-0.2, -0.15) is 0 Å². The van der Waals surface area contributed by atoms with Gasteiger partial charge in [0.1, 0.15) is 0 Å². The second-order valence-electron chi connectivity index (χ2n) is 3.19. The number of hydrogen-bond donors (Lipinski definition) is 1. The molecule has 0 aliphatic carbocycles. The van der Waals surface area contributed by atoms with Crippen LogP contribution in [-0.2, 0) is 6.42 Å². The molecular formula is C9H12BF2N. The zero-order valence-corrected chi connectivity index (χ0v) is 7.50. The minimum absolute atomic E-state index is 0.234. The van der Waals surface area contributed by atoms with E-state index in [0.717, 1.165) is 11.1 Å². The summed E-state index contributed by atoms with van der Waals surface area (Å²) in [5.74, 6) is -1.05. The van der Waals surface area contributed by atoms with Gasteiger partial charge in [0.2, 0.25) is 0 Å². The van der Waals surface area contributed by atoms with Gasteiger partial charge in [-0.05, 0) is 18.9 Å². The second-order valence-corrected chi connectivity index (χ2v) is 3.19. The Balaban J connectivity index is 2.59. The molecule has 0 spiro atoms. The Morgan fingerprint density at radius 1 is 1.31 bits per heavy atom. The van der Waals surface area contributed by atoms with Gasteiger partial charge in [-0.3, -0.25) is 8.63 Å². The maximum atomic E-state index is 12.1. The molecule has 13 heavy (non-hydrogen) atoms. The Morgan fingerprint density at radius 3 is 2.31 bits per heavy atom. The first-order valence-corrected chi connectivity index (χ1v) is 4.19. The lowest BCUT2D eigenvalue weighted by Gasteiger charge is -2.07. The van der Waals surface area contributed by atoms with Crippen molar-refractivity contribution in [2.45, 2.75) is 19.3 Å². The van der Waals surface area contributed by atoms with E-state index in [1.54, 1.807) is 0 Å². The first kappa shape index (κ1) is 10.2. The predicted molar refractivity (Wildman–Crippen MR) is 50.8 cm³/mol. The van der Waals surface area contributed by atoms with Crippen molar-refractivity contribution in [3.8, 4) is 0 Å². The molecule has 4 heteroatoms. The maximum absolute atomic E-state index is 12.1. The minimum Gasteiger partial charge on any atom is -0.329 e. The minimum atomic E-state index is -2.44. The van der Waals surface area contributed by atoms with E-state index >= 15 is 0 Å². The lowest BCUT2D eigenvalue weighted by Crippen LogP contribution is -2.34. The highest BCUT2D eigenvalue weighted by atomic mass is 19.2. The maximum Gasteiger partial charge on any atom is 0.554 e. The number of benzene rings is 1. The summed E-state index contributed by atoms with van der Waals surface area (Å²) in [6.07, 6.45) is 0.234. The van der Waals surface area contributed by atoms with E-state index in [4.69, 9.17) is 5.73 Å². The largest absolute Gasteiger partial charge is 0.554 e. The molecule has 0 saturated carbocycles. The Labute approximate surface area is 77.1 Å². The lowest BCUT2D eigenvalue weighted by atomic mass is 9.82. The van der Waals surface area contributed by atoms with Crippen LogP contribution in [0.15, 0.2) is 24.3 Å². The van der Waals surface area contributed by atoms with Crippen molar-refractivity contribution in [1.29, 1.82) is 0 Å². The molecule has 0 aliphatic heterocycles. The normalized spacial score (nSPS) is 12.6. The number of hydrogen-bond acceptors (Lipinski definition) is 1. The van der Waals surface area contributed by atoms with Crippen LogP contribution >= 0.6 is 0 Å². The molecule has 0 amide bonds. The standard InChI is InChI=1S/C9H12BF2N/c1-7-2-4-8(5-3-7)6-9(13)10(11)12/h2-5,9H,6,13H2,1H3/t9-/m0/s1. The van der Waals surface area contributed by atoms with Gasteiger partial charge in [0, 0.05) is 0 Å². The average molecular weight is 183 g/mol. The van der Waals surface area contributed by atoms with E-state index in [2.05, 4.69) is 0 Å². The van der Waals surface area contributed by atoms with Crippen LogP contribution in [0.4, 0.5) is 8.63 Å². The van der Waals surface area contributed by atoms with Crippen molar-refractivity contribution in [1.82, 2.24) is 0 Å². The van der Waals surface area contributed by atoms with Crippen molar-refractivity contribution >= 4 is 7.27 Å². The van der Waals surface area contributed by atoms with Crippen molar-refractivity contribution in [2.75, 3.05) is 0 Å². The van der Waals surface area contributed by atoms with E-state index < -0.39 is 13.2 Å². The van der Waals surface area contributed by atoms with Gasteiger partial charge in [-0.1, -0.05) is 29.8 Å². The smallest absolute Gasteiger partial charge is 0.329 e. The number of rotatable bonds is 3. The lowest BCUT2D eigenvalue weighted by molar-refractivity contribution is 0.604. The summed E-state index contributed by atoms with van der Waals surface area (Å²) >= 11 is 0. The molecule has 70 valence electrons. The topological polar surface area (TPSA) is 26.0 Å². The third-order valence-corrected chi connectivity index (χ3v) is 1.92. The summed E-state index contributed by atoms with van der Waals surface area (Å²) in [4.78, 5) is 0. The Bertz CT molecular complexity index is 261. The highest BCUT2D eigenvalue weighted by Gasteiger charge is 2.23. The highest BCUT2D eigenvalue weighted by Crippen LogP contribution is 2.07. The molecule has 2 N–H and O–H groups in total. The highest BCUT2D eigenvalue weighted by molar-refractivity contribution is 6.44. The molecule has 1 aromatic rings.